The number of anilines is 1. The highest BCUT2D eigenvalue weighted by molar-refractivity contribution is 9.10. The molecule has 2 aromatic carbocycles. The first kappa shape index (κ1) is 21.3. The molecule has 27 heavy (non-hydrogen) atoms. The maximum absolute atomic E-state index is 12.2. The van der Waals surface area contributed by atoms with Crippen molar-refractivity contribution in [1.29, 1.82) is 0 Å². The van der Waals surface area contributed by atoms with Gasteiger partial charge in [0.15, 0.2) is 6.61 Å². The first-order valence-corrected chi connectivity index (χ1v) is 10.0. The van der Waals surface area contributed by atoms with Crippen LogP contribution in [0.1, 0.15) is 46.1 Å². The van der Waals surface area contributed by atoms with Crippen molar-refractivity contribution < 1.29 is 14.3 Å². The molecule has 2 aromatic rings. The number of ether oxygens (including phenoxy) is 2. The third-order valence-electron chi connectivity index (χ3n) is 4.01. The molecule has 146 valence electrons. The van der Waals surface area contributed by atoms with Gasteiger partial charge >= 0.3 is 0 Å². The molecule has 0 saturated heterocycles. The summed E-state index contributed by atoms with van der Waals surface area (Å²) in [7, 11) is 0. The molecule has 0 fully saturated rings. The Labute approximate surface area is 170 Å². The van der Waals surface area contributed by atoms with Crippen LogP contribution in [0.3, 0.4) is 0 Å². The fourth-order valence-electron chi connectivity index (χ4n) is 2.52. The largest absolute Gasteiger partial charge is 0.494 e. The molecule has 2 rings (SSSR count). The Morgan fingerprint density at radius 2 is 1.78 bits per heavy atom. The van der Waals surface area contributed by atoms with Crippen LogP contribution in [-0.4, -0.2) is 19.1 Å². The number of amides is 1. The van der Waals surface area contributed by atoms with Crippen LogP contribution in [-0.2, 0) is 10.2 Å². The van der Waals surface area contributed by atoms with Crippen molar-refractivity contribution in [3.05, 3.63) is 52.5 Å². The predicted molar refractivity (Wildman–Crippen MR) is 114 cm³/mol. The Bertz CT molecular complexity index is 751. The van der Waals surface area contributed by atoms with Gasteiger partial charge in [0.05, 0.1) is 6.61 Å². The van der Waals surface area contributed by atoms with E-state index in [0.717, 1.165) is 40.1 Å². The molecule has 4 nitrogen and oxygen atoms in total. The summed E-state index contributed by atoms with van der Waals surface area (Å²) in [6, 6.07) is 13.2. The van der Waals surface area contributed by atoms with Gasteiger partial charge in [-0.25, -0.2) is 0 Å². The minimum atomic E-state index is -0.197. The van der Waals surface area contributed by atoms with Crippen LogP contribution in [0.5, 0.6) is 11.5 Å². The predicted octanol–water partition coefficient (Wildman–Crippen LogP) is 5.94. The van der Waals surface area contributed by atoms with Crippen LogP contribution in [0.15, 0.2) is 46.9 Å². The monoisotopic (exact) mass is 433 g/mol. The normalized spacial score (nSPS) is 11.1. The van der Waals surface area contributed by atoms with E-state index in [0.29, 0.717) is 6.61 Å². The molecule has 0 atom stereocenters. The van der Waals surface area contributed by atoms with E-state index in [4.69, 9.17) is 9.47 Å². The van der Waals surface area contributed by atoms with Gasteiger partial charge in [-0.1, -0.05) is 50.0 Å². The van der Waals surface area contributed by atoms with Crippen molar-refractivity contribution in [1.82, 2.24) is 0 Å². The first-order valence-electron chi connectivity index (χ1n) is 9.25. The summed E-state index contributed by atoms with van der Waals surface area (Å²) >= 11 is 3.49. The minimum Gasteiger partial charge on any atom is -0.494 e. The van der Waals surface area contributed by atoms with E-state index in [9.17, 15) is 4.79 Å². The van der Waals surface area contributed by atoms with Crippen molar-refractivity contribution in [3.63, 3.8) is 0 Å². The van der Waals surface area contributed by atoms with Crippen LogP contribution in [0.25, 0.3) is 0 Å². The average molecular weight is 434 g/mol. The zero-order chi connectivity index (χ0) is 19.9. The molecule has 0 saturated carbocycles. The summed E-state index contributed by atoms with van der Waals surface area (Å²) in [5, 5.41) is 2.85. The lowest BCUT2D eigenvalue weighted by Gasteiger charge is -2.23. The van der Waals surface area contributed by atoms with Gasteiger partial charge in [0.2, 0.25) is 0 Å². The second kappa shape index (κ2) is 9.79. The van der Waals surface area contributed by atoms with Crippen LogP contribution < -0.4 is 14.8 Å². The van der Waals surface area contributed by atoms with Gasteiger partial charge in [-0.3, -0.25) is 4.79 Å². The highest BCUT2D eigenvalue weighted by Crippen LogP contribution is 2.33. The maximum Gasteiger partial charge on any atom is 0.262 e. The highest BCUT2D eigenvalue weighted by atomic mass is 79.9. The topological polar surface area (TPSA) is 47.6 Å². The summed E-state index contributed by atoms with van der Waals surface area (Å²) in [4.78, 5) is 12.2. The quantitative estimate of drug-likeness (QED) is 0.523. The Morgan fingerprint density at radius 3 is 2.41 bits per heavy atom. The Kier molecular flexibility index (Phi) is 7.72. The fraction of sp³-hybridized carbons (Fsp3) is 0.409. The lowest BCUT2D eigenvalue weighted by Crippen LogP contribution is -2.22. The van der Waals surface area contributed by atoms with E-state index in [-0.39, 0.29) is 17.9 Å². The average Bonchev–Trinajstić information content (AvgIpc) is 2.61. The van der Waals surface area contributed by atoms with Gasteiger partial charge in [-0.15, -0.1) is 0 Å². The van der Waals surface area contributed by atoms with E-state index in [1.54, 1.807) is 0 Å². The smallest absolute Gasteiger partial charge is 0.262 e. The van der Waals surface area contributed by atoms with Crippen molar-refractivity contribution in [2.45, 2.75) is 46.0 Å². The lowest BCUT2D eigenvalue weighted by atomic mass is 9.86. The molecule has 1 N–H and O–H groups in total. The number of rotatable bonds is 8. The summed E-state index contributed by atoms with van der Waals surface area (Å²) in [5.41, 5.74) is 1.69. The van der Waals surface area contributed by atoms with E-state index in [2.05, 4.69) is 48.9 Å². The Hall–Kier alpha value is -2.01. The summed E-state index contributed by atoms with van der Waals surface area (Å²) in [6.07, 6.45) is 2.13. The zero-order valence-corrected chi connectivity index (χ0v) is 18.1. The SMILES string of the molecule is CCCCOc1ccc(NC(=O)COc2ccc(Br)cc2C(C)(C)C)cc1. The standard InChI is InChI=1S/C22H28BrNO3/c1-5-6-13-26-18-10-8-17(9-11-18)24-21(25)15-27-20-12-7-16(23)14-19(20)22(2,3)4/h7-12,14H,5-6,13,15H2,1-4H3,(H,24,25). The minimum absolute atomic E-state index is 0.0422. The van der Waals surface area contributed by atoms with Crippen molar-refractivity contribution >= 4 is 27.5 Å². The van der Waals surface area contributed by atoms with E-state index < -0.39 is 0 Å². The maximum atomic E-state index is 12.2. The third-order valence-corrected chi connectivity index (χ3v) is 4.51. The zero-order valence-electron chi connectivity index (χ0n) is 16.5. The molecule has 1 amide bonds. The van der Waals surface area contributed by atoms with E-state index in [1.807, 2.05) is 42.5 Å². The number of unbranched alkanes of at least 4 members (excludes halogenated alkanes) is 1. The van der Waals surface area contributed by atoms with Gasteiger partial charge in [-0.05, 0) is 54.3 Å². The van der Waals surface area contributed by atoms with Crippen molar-refractivity contribution in [2.75, 3.05) is 18.5 Å². The van der Waals surface area contributed by atoms with Crippen LogP contribution in [0.2, 0.25) is 0 Å². The molecule has 0 bridgehead atoms. The second-order valence-electron chi connectivity index (χ2n) is 7.45. The molecule has 0 radical (unpaired) electrons. The number of carbonyl (C=O) groups excluding carboxylic acids is 1. The number of hydrogen-bond acceptors (Lipinski definition) is 3. The van der Waals surface area contributed by atoms with Crippen LogP contribution in [0, 0.1) is 0 Å². The summed E-state index contributed by atoms with van der Waals surface area (Å²) in [6.45, 7) is 9.14. The molecular formula is C22H28BrNO3. The van der Waals surface area contributed by atoms with E-state index >= 15 is 0 Å². The second-order valence-corrected chi connectivity index (χ2v) is 8.37. The van der Waals surface area contributed by atoms with Gasteiger partial charge in [-0.2, -0.15) is 0 Å². The lowest BCUT2D eigenvalue weighted by molar-refractivity contribution is -0.118. The molecule has 5 heteroatoms. The summed E-state index contributed by atoms with van der Waals surface area (Å²) in [5.74, 6) is 1.33. The molecule has 0 unspecified atom stereocenters. The van der Waals surface area contributed by atoms with Gasteiger partial charge in [0.25, 0.3) is 5.91 Å². The number of benzene rings is 2. The summed E-state index contributed by atoms with van der Waals surface area (Å²) < 4.78 is 12.4. The number of carbonyl (C=O) groups is 1. The molecule has 0 aliphatic rings. The molecular weight excluding hydrogens is 406 g/mol. The Balaban J connectivity index is 1.91. The number of halogens is 1. The van der Waals surface area contributed by atoms with Crippen LogP contribution in [0.4, 0.5) is 5.69 Å². The van der Waals surface area contributed by atoms with Crippen LogP contribution >= 0.6 is 15.9 Å². The van der Waals surface area contributed by atoms with Gasteiger partial charge in [0.1, 0.15) is 11.5 Å². The highest BCUT2D eigenvalue weighted by Gasteiger charge is 2.20. The number of hydrogen-bond donors (Lipinski definition) is 1. The van der Waals surface area contributed by atoms with Crippen molar-refractivity contribution in [2.24, 2.45) is 0 Å². The van der Waals surface area contributed by atoms with Gasteiger partial charge in [0, 0.05) is 15.7 Å². The van der Waals surface area contributed by atoms with E-state index in [1.165, 1.54) is 0 Å². The Morgan fingerprint density at radius 1 is 1.07 bits per heavy atom. The van der Waals surface area contributed by atoms with Gasteiger partial charge < -0.3 is 14.8 Å². The van der Waals surface area contributed by atoms with Crippen molar-refractivity contribution in [3.8, 4) is 11.5 Å². The molecule has 0 aliphatic heterocycles. The number of nitrogens with one attached hydrogen (secondary N) is 1. The third kappa shape index (κ3) is 6.90. The molecule has 0 heterocycles. The fourth-order valence-corrected chi connectivity index (χ4v) is 2.88. The molecule has 0 aromatic heterocycles. The first-order chi connectivity index (χ1) is 12.8. The molecule has 0 spiro atoms. The molecule has 0 aliphatic carbocycles.